The van der Waals surface area contributed by atoms with Crippen molar-refractivity contribution in [1.82, 2.24) is 0 Å². The topological polar surface area (TPSA) is 76.0 Å². The highest BCUT2D eigenvalue weighted by Gasteiger charge is 2.11. The molecule has 0 radical (unpaired) electrons. The smallest absolute Gasteiger partial charge is 0.335 e. The zero-order chi connectivity index (χ0) is 15.8. The number of carbonyl (C=O) groups is 1. The third kappa shape index (κ3) is 6.48. The summed E-state index contributed by atoms with van der Waals surface area (Å²) in [5.74, 6) is -0.492. The lowest BCUT2D eigenvalue weighted by atomic mass is 10.1. The van der Waals surface area contributed by atoms with E-state index in [-0.39, 0.29) is 12.7 Å². The first kappa shape index (κ1) is 18.0. The summed E-state index contributed by atoms with van der Waals surface area (Å²) in [5, 5.41) is 18.9. The Morgan fingerprint density at radius 3 is 2.71 bits per heavy atom. The molecule has 0 aliphatic heterocycles. The molecule has 0 spiro atoms. The fourth-order valence-electron chi connectivity index (χ4n) is 1.72. The molecule has 0 aromatic heterocycles. The van der Waals surface area contributed by atoms with E-state index in [9.17, 15) is 9.90 Å². The van der Waals surface area contributed by atoms with Crippen molar-refractivity contribution in [3.8, 4) is 0 Å². The van der Waals surface area contributed by atoms with Crippen molar-refractivity contribution in [3.05, 3.63) is 29.3 Å². The van der Waals surface area contributed by atoms with Crippen LogP contribution in [0.25, 0.3) is 0 Å². The first-order valence-electron chi connectivity index (χ1n) is 6.69. The van der Waals surface area contributed by atoms with Gasteiger partial charge in [0, 0.05) is 17.8 Å². The predicted molar refractivity (Wildman–Crippen MR) is 82.2 cm³/mol. The van der Waals surface area contributed by atoms with Crippen molar-refractivity contribution < 1.29 is 24.5 Å². The Morgan fingerprint density at radius 1 is 1.38 bits per heavy atom. The molecule has 0 saturated carbocycles. The maximum absolute atomic E-state index is 11.1. The van der Waals surface area contributed by atoms with E-state index >= 15 is 0 Å². The van der Waals surface area contributed by atoms with E-state index in [1.807, 2.05) is 13.0 Å². The van der Waals surface area contributed by atoms with Crippen LogP contribution in [-0.4, -0.2) is 54.5 Å². The van der Waals surface area contributed by atoms with Gasteiger partial charge in [-0.2, -0.15) is 0 Å². The molecule has 6 heteroatoms. The number of carboxylic acids is 1. The van der Waals surface area contributed by atoms with E-state index in [4.69, 9.17) is 14.6 Å². The zero-order valence-corrected chi connectivity index (χ0v) is 13.4. The number of rotatable bonds is 9. The summed E-state index contributed by atoms with van der Waals surface area (Å²) in [7, 11) is 1.60. The molecule has 1 rings (SSSR count). The van der Waals surface area contributed by atoms with E-state index in [0.29, 0.717) is 17.9 Å². The van der Waals surface area contributed by atoms with Crippen LogP contribution < -0.4 is 0 Å². The van der Waals surface area contributed by atoms with Gasteiger partial charge in [-0.25, -0.2) is 4.79 Å². The van der Waals surface area contributed by atoms with Crippen LogP contribution in [0.4, 0.5) is 0 Å². The van der Waals surface area contributed by atoms with Gasteiger partial charge in [-0.3, -0.25) is 0 Å². The van der Waals surface area contributed by atoms with Gasteiger partial charge in [0.25, 0.3) is 0 Å². The molecular weight excluding hydrogens is 292 g/mol. The Morgan fingerprint density at radius 2 is 2.10 bits per heavy atom. The third-order valence-electron chi connectivity index (χ3n) is 2.86. The quantitative estimate of drug-likeness (QED) is 0.681. The average molecular weight is 314 g/mol. The summed E-state index contributed by atoms with van der Waals surface area (Å²) < 4.78 is 10.4. The Labute approximate surface area is 129 Å². The van der Waals surface area contributed by atoms with Gasteiger partial charge in [-0.15, -0.1) is 11.8 Å². The predicted octanol–water partition coefficient (Wildman–Crippen LogP) is 2.20. The number of aliphatic hydroxyl groups excluding tert-OH is 1. The van der Waals surface area contributed by atoms with E-state index in [0.717, 1.165) is 10.5 Å². The molecule has 0 saturated heterocycles. The minimum atomic E-state index is -0.938. The number of aryl methyl sites for hydroxylation is 1. The van der Waals surface area contributed by atoms with Gasteiger partial charge in [0.1, 0.15) is 0 Å². The highest BCUT2D eigenvalue weighted by atomic mass is 32.2. The number of benzene rings is 1. The molecule has 5 nitrogen and oxygen atoms in total. The molecule has 2 atom stereocenters. The number of ether oxygens (including phenoxy) is 2. The van der Waals surface area contributed by atoms with E-state index in [2.05, 4.69) is 0 Å². The minimum absolute atomic E-state index is 0.0624. The summed E-state index contributed by atoms with van der Waals surface area (Å²) >= 11 is 1.41. The molecule has 1 aromatic rings. The highest BCUT2D eigenvalue weighted by molar-refractivity contribution is 7.99. The summed E-state index contributed by atoms with van der Waals surface area (Å²) in [6.45, 7) is 4.36. The van der Waals surface area contributed by atoms with Crippen LogP contribution in [0.15, 0.2) is 23.1 Å². The van der Waals surface area contributed by atoms with E-state index in [1.165, 1.54) is 11.8 Å². The first-order valence-corrected chi connectivity index (χ1v) is 7.68. The van der Waals surface area contributed by atoms with Crippen LogP contribution in [0, 0.1) is 6.92 Å². The lowest BCUT2D eigenvalue weighted by Gasteiger charge is -2.15. The van der Waals surface area contributed by atoms with E-state index in [1.54, 1.807) is 26.2 Å². The third-order valence-corrected chi connectivity index (χ3v) is 4.00. The van der Waals surface area contributed by atoms with Crippen LogP contribution in [0.5, 0.6) is 0 Å². The van der Waals surface area contributed by atoms with Crippen molar-refractivity contribution >= 4 is 17.7 Å². The van der Waals surface area contributed by atoms with Crippen molar-refractivity contribution in [2.24, 2.45) is 0 Å². The van der Waals surface area contributed by atoms with Crippen molar-refractivity contribution in [3.63, 3.8) is 0 Å². The highest BCUT2D eigenvalue weighted by Crippen LogP contribution is 2.22. The summed E-state index contributed by atoms with van der Waals surface area (Å²) in [4.78, 5) is 11.9. The number of thioether (sulfide) groups is 1. The largest absolute Gasteiger partial charge is 0.478 e. The number of aromatic carboxylic acids is 1. The molecular formula is C15H22O5S. The number of aliphatic hydroxyl groups is 1. The van der Waals surface area contributed by atoms with Crippen LogP contribution in [0.2, 0.25) is 0 Å². The molecule has 2 unspecified atom stereocenters. The maximum Gasteiger partial charge on any atom is 0.335 e. The molecule has 0 aliphatic rings. The van der Waals surface area contributed by atoms with Gasteiger partial charge in [0.05, 0.1) is 31.0 Å². The molecule has 118 valence electrons. The standard InChI is InChI=1S/C15H22O5S/c1-10-4-5-13(6-14(10)15(17)18)21-9-12(16)8-20-11(2)7-19-3/h4-6,11-12,16H,7-9H2,1-3H3,(H,17,18). The molecule has 2 N–H and O–H groups in total. The molecule has 0 amide bonds. The van der Waals surface area contributed by atoms with Crippen LogP contribution in [0.3, 0.4) is 0 Å². The van der Waals surface area contributed by atoms with Crippen molar-refractivity contribution in [2.75, 3.05) is 26.1 Å². The minimum Gasteiger partial charge on any atom is -0.478 e. The average Bonchev–Trinajstić information content (AvgIpc) is 2.44. The number of carboxylic acid groups (broad SMARTS) is 1. The lowest BCUT2D eigenvalue weighted by molar-refractivity contribution is -0.0257. The second-order valence-electron chi connectivity index (χ2n) is 4.85. The first-order chi connectivity index (χ1) is 9.93. The molecule has 0 bridgehead atoms. The molecule has 0 heterocycles. The number of hydrogen-bond acceptors (Lipinski definition) is 5. The van der Waals surface area contributed by atoms with Gasteiger partial charge in [-0.1, -0.05) is 6.07 Å². The second kappa shape index (κ2) is 9.04. The number of hydrogen-bond donors (Lipinski definition) is 2. The normalized spacial score (nSPS) is 13.9. The Bertz CT molecular complexity index is 463. The maximum atomic E-state index is 11.1. The monoisotopic (exact) mass is 314 g/mol. The Hall–Kier alpha value is -1.08. The molecule has 21 heavy (non-hydrogen) atoms. The Balaban J connectivity index is 2.44. The molecule has 1 aromatic carbocycles. The van der Waals surface area contributed by atoms with Crippen LogP contribution in [0.1, 0.15) is 22.8 Å². The second-order valence-corrected chi connectivity index (χ2v) is 5.94. The SMILES string of the molecule is COCC(C)OCC(O)CSc1ccc(C)c(C(=O)O)c1. The van der Waals surface area contributed by atoms with Gasteiger partial charge in [0.2, 0.25) is 0 Å². The lowest BCUT2D eigenvalue weighted by Crippen LogP contribution is -2.24. The fourth-order valence-corrected chi connectivity index (χ4v) is 2.57. The summed E-state index contributed by atoms with van der Waals surface area (Å²) in [6, 6.07) is 5.26. The fraction of sp³-hybridized carbons (Fsp3) is 0.533. The van der Waals surface area contributed by atoms with Gasteiger partial charge < -0.3 is 19.7 Å². The van der Waals surface area contributed by atoms with Gasteiger partial charge in [0.15, 0.2) is 0 Å². The van der Waals surface area contributed by atoms with E-state index < -0.39 is 12.1 Å². The Kier molecular flexibility index (Phi) is 7.74. The molecule has 0 aliphatic carbocycles. The number of methoxy groups -OCH3 is 1. The van der Waals surface area contributed by atoms with Crippen LogP contribution in [-0.2, 0) is 9.47 Å². The zero-order valence-electron chi connectivity index (χ0n) is 12.5. The molecule has 0 fully saturated rings. The van der Waals surface area contributed by atoms with Gasteiger partial charge in [-0.05, 0) is 31.5 Å². The summed E-state index contributed by atoms with van der Waals surface area (Å²) in [5.41, 5.74) is 1.02. The van der Waals surface area contributed by atoms with Gasteiger partial charge >= 0.3 is 5.97 Å². The van der Waals surface area contributed by atoms with Crippen molar-refractivity contribution in [2.45, 2.75) is 31.0 Å². The summed E-state index contributed by atoms with van der Waals surface area (Å²) in [6.07, 6.45) is -0.670. The van der Waals surface area contributed by atoms with Crippen molar-refractivity contribution in [1.29, 1.82) is 0 Å². The van der Waals surface area contributed by atoms with Crippen LogP contribution >= 0.6 is 11.8 Å².